The molecule has 0 spiro atoms. The summed E-state index contributed by atoms with van der Waals surface area (Å²) in [5, 5.41) is 2.73. The highest BCUT2D eigenvalue weighted by Gasteiger charge is 2.29. The van der Waals surface area contributed by atoms with E-state index in [9.17, 15) is 9.59 Å². The van der Waals surface area contributed by atoms with Gasteiger partial charge in [0, 0.05) is 38.3 Å². The summed E-state index contributed by atoms with van der Waals surface area (Å²) in [5.74, 6) is 1.12. The van der Waals surface area contributed by atoms with Crippen LogP contribution in [0.3, 0.4) is 0 Å². The Hall–Kier alpha value is -2.64. The third-order valence-electron chi connectivity index (χ3n) is 3.98. The van der Waals surface area contributed by atoms with Crippen molar-refractivity contribution in [3.8, 4) is 0 Å². The van der Waals surface area contributed by atoms with Gasteiger partial charge >= 0.3 is 0 Å². The quantitative estimate of drug-likeness (QED) is 0.827. The van der Waals surface area contributed by atoms with Crippen LogP contribution in [-0.2, 0) is 22.7 Å². The minimum Gasteiger partial charge on any atom is -0.351 e. The number of aromatic amines is 1. The number of hydrogen-bond donors (Lipinski definition) is 2. The molecule has 3 rings (SSSR count). The van der Waals surface area contributed by atoms with E-state index < -0.39 is 0 Å². The van der Waals surface area contributed by atoms with E-state index in [1.165, 1.54) is 6.92 Å². The van der Waals surface area contributed by atoms with Gasteiger partial charge in [0.05, 0.1) is 24.8 Å². The molecule has 0 unspecified atom stereocenters. The van der Waals surface area contributed by atoms with Crippen LogP contribution in [0.25, 0.3) is 0 Å². The first kappa shape index (κ1) is 15.3. The Morgan fingerprint density at radius 2 is 2.35 bits per heavy atom. The maximum absolute atomic E-state index is 12.3. The summed E-state index contributed by atoms with van der Waals surface area (Å²) >= 11 is 0. The first-order valence-corrected chi connectivity index (χ1v) is 7.63. The number of H-pyrrole nitrogens is 1. The molecular weight excluding hydrogens is 296 g/mol. The Bertz CT molecular complexity index is 678. The highest BCUT2D eigenvalue weighted by atomic mass is 16.2. The van der Waals surface area contributed by atoms with Crippen molar-refractivity contribution in [1.82, 2.24) is 29.7 Å². The summed E-state index contributed by atoms with van der Waals surface area (Å²) in [4.78, 5) is 36.6. The van der Waals surface area contributed by atoms with E-state index in [0.717, 1.165) is 24.5 Å². The SMILES string of the molecule is CC(=O)NCc1cnc([C@H]2CCN(C(=O)Cn3ccnc3)C2)[nH]1. The number of hydrogen-bond acceptors (Lipinski definition) is 4. The van der Waals surface area contributed by atoms with E-state index in [4.69, 9.17) is 0 Å². The number of amides is 2. The van der Waals surface area contributed by atoms with Gasteiger partial charge in [-0.15, -0.1) is 0 Å². The van der Waals surface area contributed by atoms with Crippen LogP contribution in [0.1, 0.15) is 30.8 Å². The van der Waals surface area contributed by atoms with Crippen molar-refractivity contribution in [3.05, 3.63) is 36.4 Å². The monoisotopic (exact) mass is 316 g/mol. The lowest BCUT2D eigenvalue weighted by Crippen LogP contribution is -2.31. The number of carbonyl (C=O) groups is 2. The van der Waals surface area contributed by atoms with Gasteiger partial charge in [0.1, 0.15) is 12.4 Å². The first-order valence-electron chi connectivity index (χ1n) is 7.63. The maximum Gasteiger partial charge on any atom is 0.242 e. The number of carbonyl (C=O) groups excluding carboxylic acids is 2. The Kier molecular flexibility index (Phi) is 4.40. The molecule has 2 amide bonds. The van der Waals surface area contributed by atoms with Crippen LogP contribution in [0.5, 0.6) is 0 Å². The Morgan fingerprint density at radius 3 is 3.09 bits per heavy atom. The molecule has 1 atom stereocenters. The predicted octanol–water partition coefficient (Wildman–Crippen LogP) is 0.258. The topological polar surface area (TPSA) is 95.9 Å². The van der Waals surface area contributed by atoms with Crippen LogP contribution in [0.4, 0.5) is 0 Å². The molecule has 1 aliphatic rings. The van der Waals surface area contributed by atoms with Crippen LogP contribution in [0.2, 0.25) is 0 Å². The molecule has 1 fully saturated rings. The fourth-order valence-corrected chi connectivity index (χ4v) is 2.74. The van der Waals surface area contributed by atoms with Gasteiger partial charge in [0.2, 0.25) is 11.8 Å². The summed E-state index contributed by atoms with van der Waals surface area (Å²) < 4.78 is 1.77. The molecule has 8 nitrogen and oxygen atoms in total. The van der Waals surface area contributed by atoms with Crippen LogP contribution >= 0.6 is 0 Å². The molecular formula is C15H20N6O2. The Labute approximate surface area is 133 Å². The van der Waals surface area contributed by atoms with Gasteiger partial charge in [-0.1, -0.05) is 0 Å². The van der Waals surface area contributed by atoms with Crippen LogP contribution in [0, 0.1) is 0 Å². The van der Waals surface area contributed by atoms with E-state index >= 15 is 0 Å². The van der Waals surface area contributed by atoms with Crippen molar-refractivity contribution < 1.29 is 9.59 Å². The van der Waals surface area contributed by atoms with Crippen molar-refractivity contribution >= 4 is 11.8 Å². The molecule has 0 bridgehead atoms. The van der Waals surface area contributed by atoms with Gasteiger partial charge in [-0.2, -0.15) is 0 Å². The van der Waals surface area contributed by atoms with Crippen LogP contribution < -0.4 is 5.32 Å². The van der Waals surface area contributed by atoms with Crippen molar-refractivity contribution in [2.75, 3.05) is 13.1 Å². The average molecular weight is 316 g/mol. The molecule has 0 aliphatic carbocycles. The normalized spacial score (nSPS) is 17.4. The van der Waals surface area contributed by atoms with Crippen molar-refractivity contribution in [2.45, 2.75) is 32.4 Å². The van der Waals surface area contributed by atoms with Gasteiger partial charge in [-0.25, -0.2) is 9.97 Å². The zero-order valence-electron chi connectivity index (χ0n) is 13.0. The van der Waals surface area contributed by atoms with Crippen LogP contribution in [0.15, 0.2) is 24.9 Å². The van der Waals surface area contributed by atoms with Gasteiger partial charge in [-0.05, 0) is 6.42 Å². The largest absolute Gasteiger partial charge is 0.351 e. The lowest BCUT2D eigenvalue weighted by molar-refractivity contribution is -0.130. The summed E-state index contributed by atoms with van der Waals surface area (Å²) in [6.07, 6.45) is 7.72. The second-order valence-electron chi connectivity index (χ2n) is 5.76. The van der Waals surface area contributed by atoms with E-state index in [-0.39, 0.29) is 17.7 Å². The van der Waals surface area contributed by atoms with E-state index in [1.54, 1.807) is 29.5 Å². The molecule has 2 aromatic heterocycles. The molecule has 1 aliphatic heterocycles. The smallest absolute Gasteiger partial charge is 0.242 e. The van der Waals surface area contributed by atoms with E-state index in [0.29, 0.717) is 19.6 Å². The zero-order chi connectivity index (χ0) is 16.2. The molecule has 0 saturated carbocycles. The molecule has 122 valence electrons. The van der Waals surface area contributed by atoms with Gasteiger partial charge < -0.3 is 19.8 Å². The maximum atomic E-state index is 12.3. The minimum absolute atomic E-state index is 0.0710. The van der Waals surface area contributed by atoms with Crippen molar-refractivity contribution in [2.24, 2.45) is 0 Å². The second-order valence-corrected chi connectivity index (χ2v) is 5.76. The second kappa shape index (κ2) is 6.64. The Morgan fingerprint density at radius 1 is 1.48 bits per heavy atom. The molecule has 3 heterocycles. The summed E-state index contributed by atoms with van der Waals surface area (Å²) in [6, 6.07) is 0. The Balaban J connectivity index is 1.55. The summed E-state index contributed by atoms with van der Waals surface area (Å²) in [5.41, 5.74) is 0.874. The summed E-state index contributed by atoms with van der Waals surface area (Å²) in [7, 11) is 0. The number of nitrogens with one attached hydrogen (secondary N) is 2. The van der Waals surface area contributed by atoms with E-state index in [1.807, 2.05) is 4.90 Å². The van der Waals surface area contributed by atoms with E-state index in [2.05, 4.69) is 20.3 Å². The van der Waals surface area contributed by atoms with Crippen molar-refractivity contribution in [1.29, 1.82) is 0 Å². The van der Waals surface area contributed by atoms with Crippen molar-refractivity contribution in [3.63, 3.8) is 0 Å². The lowest BCUT2D eigenvalue weighted by atomic mass is 10.1. The standard InChI is InChI=1S/C15H20N6O2/c1-11(22)17-6-13-7-18-15(19-13)12-2-4-21(8-12)14(23)9-20-5-3-16-10-20/h3,5,7,10,12H,2,4,6,8-9H2,1H3,(H,17,22)(H,18,19)/t12-/m0/s1. The zero-order valence-corrected chi connectivity index (χ0v) is 13.0. The third-order valence-corrected chi connectivity index (χ3v) is 3.98. The molecule has 1 saturated heterocycles. The average Bonchev–Trinajstić information content (AvgIpc) is 3.25. The number of imidazole rings is 2. The first-order chi connectivity index (χ1) is 11.1. The third kappa shape index (κ3) is 3.77. The summed E-state index contributed by atoms with van der Waals surface area (Å²) in [6.45, 7) is 3.65. The predicted molar refractivity (Wildman–Crippen MR) is 82.3 cm³/mol. The van der Waals surface area contributed by atoms with Gasteiger partial charge in [0.25, 0.3) is 0 Å². The van der Waals surface area contributed by atoms with Gasteiger partial charge in [-0.3, -0.25) is 9.59 Å². The molecule has 2 N–H and O–H groups in total. The molecule has 8 heteroatoms. The molecule has 2 aromatic rings. The minimum atomic E-state index is -0.0710. The number of nitrogens with zero attached hydrogens (tertiary/aromatic N) is 4. The fourth-order valence-electron chi connectivity index (χ4n) is 2.74. The molecule has 0 aromatic carbocycles. The number of rotatable bonds is 5. The molecule has 0 radical (unpaired) electrons. The van der Waals surface area contributed by atoms with Crippen LogP contribution in [-0.4, -0.2) is 49.3 Å². The number of aromatic nitrogens is 4. The fraction of sp³-hybridized carbons (Fsp3) is 0.467. The highest BCUT2D eigenvalue weighted by Crippen LogP contribution is 2.25. The highest BCUT2D eigenvalue weighted by molar-refractivity contribution is 5.76. The number of likely N-dealkylation sites (tertiary alicyclic amines) is 1. The lowest BCUT2D eigenvalue weighted by Gasteiger charge is -2.16. The van der Waals surface area contributed by atoms with Gasteiger partial charge in [0.15, 0.2) is 0 Å². The molecule has 23 heavy (non-hydrogen) atoms.